The molecule has 0 saturated carbocycles. The molecule has 1 aromatic carbocycles. The second-order valence-corrected chi connectivity index (χ2v) is 4.40. The minimum Gasteiger partial charge on any atom is -0.493 e. The molecular weight excluding hydrogens is 260 g/mol. The molecule has 3 N–H and O–H groups in total. The third kappa shape index (κ3) is 4.46. The summed E-state index contributed by atoms with van der Waals surface area (Å²) < 4.78 is 10.3. The van der Waals surface area contributed by atoms with Crippen LogP contribution in [0.4, 0.5) is 0 Å². The molecule has 1 unspecified atom stereocenters. The summed E-state index contributed by atoms with van der Waals surface area (Å²) in [5, 5.41) is 2.86. The maximum atomic E-state index is 12.0. The van der Waals surface area contributed by atoms with Crippen LogP contribution in [0.2, 0.25) is 0 Å². The number of amides is 2. The molecule has 0 aliphatic heterocycles. The first kappa shape index (κ1) is 15.8. The van der Waals surface area contributed by atoms with E-state index in [0.717, 1.165) is 6.42 Å². The van der Waals surface area contributed by atoms with Gasteiger partial charge in [-0.15, -0.1) is 0 Å². The predicted molar refractivity (Wildman–Crippen MR) is 74.9 cm³/mol. The zero-order valence-electron chi connectivity index (χ0n) is 11.9. The standard InChI is InChI=1S/C14H20N2O4/c1-4-9(2)16-14(18)10-5-6-11(12(7-10)19-3)20-8-13(15)17/h5-7,9H,4,8H2,1-3H3,(H2,15,17)(H,16,18). The molecule has 0 bridgehead atoms. The summed E-state index contributed by atoms with van der Waals surface area (Å²) in [5.41, 5.74) is 5.48. The van der Waals surface area contributed by atoms with Gasteiger partial charge in [0.25, 0.3) is 11.8 Å². The third-order valence-electron chi connectivity index (χ3n) is 2.79. The minimum absolute atomic E-state index is 0.0966. The molecule has 1 aromatic rings. The lowest BCUT2D eigenvalue weighted by atomic mass is 10.1. The van der Waals surface area contributed by atoms with Crippen molar-refractivity contribution in [1.29, 1.82) is 0 Å². The Balaban J connectivity index is 2.85. The molecule has 0 aliphatic carbocycles. The Labute approximate surface area is 118 Å². The molecule has 1 atom stereocenters. The van der Waals surface area contributed by atoms with Crippen LogP contribution in [0.15, 0.2) is 18.2 Å². The van der Waals surface area contributed by atoms with Gasteiger partial charge >= 0.3 is 0 Å². The van der Waals surface area contributed by atoms with Gasteiger partial charge in [0.1, 0.15) is 0 Å². The topological polar surface area (TPSA) is 90.6 Å². The number of carbonyl (C=O) groups is 2. The Bertz CT molecular complexity index is 488. The van der Waals surface area contributed by atoms with E-state index in [4.69, 9.17) is 15.2 Å². The molecule has 0 fully saturated rings. The predicted octanol–water partition coefficient (Wildman–Crippen LogP) is 1.09. The van der Waals surface area contributed by atoms with E-state index >= 15 is 0 Å². The lowest BCUT2D eigenvalue weighted by Gasteiger charge is -2.13. The van der Waals surface area contributed by atoms with Crippen LogP contribution in [0.25, 0.3) is 0 Å². The van der Waals surface area contributed by atoms with Gasteiger partial charge in [-0.25, -0.2) is 0 Å². The second kappa shape index (κ2) is 7.37. The molecule has 6 heteroatoms. The molecule has 0 radical (unpaired) electrons. The van der Waals surface area contributed by atoms with Crippen LogP contribution in [0.3, 0.4) is 0 Å². The average molecular weight is 280 g/mol. The van der Waals surface area contributed by atoms with E-state index in [2.05, 4.69) is 5.32 Å². The number of benzene rings is 1. The van der Waals surface area contributed by atoms with Crippen LogP contribution < -0.4 is 20.5 Å². The van der Waals surface area contributed by atoms with Crippen molar-refractivity contribution in [2.75, 3.05) is 13.7 Å². The van der Waals surface area contributed by atoms with Crippen LogP contribution >= 0.6 is 0 Å². The average Bonchev–Trinajstić information content (AvgIpc) is 2.44. The molecule has 2 amide bonds. The molecular formula is C14H20N2O4. The van der Waals surface area contributed by atoms with Crippen LogP contribution in [0.1, 0.15) is 30.6 Å². The monoisotopic (exact) mass is 280 g/mol. The summed E-state index contributed by atoms with van der Waals surface area (Å²) >= 11 is 0. The minimum atomic E-state index is -0.578. The van der Waals surface area contributed by atoms with Gasteiger partial charge in [0.2, 0.25) is 0 Å². The number of nitrogens with one attached hydrogen (secondary N) is 1. The Hall–Kier alpha value is -2.24. The van der Waals surface area contributed by atoms with Gasteiger partial charge in [0.05, 0.1) is 7.11 Å². The van der Waals surface area contributed by atoms with Crippen molar-refractivity contribution in [3.63, 3.8) is 0 Å². The lowest BCUT2D eigenvalue weighted by molar-refractivity contribution is -0.119. The Morgan fingerprint density at radius 1 is 1.35 bits per heavy atom. The molecule has 0 spiro atoms. The van der Waals surface area contributed by atoms with Crippen molar-refractivity contribution in [2.45, 2.75) is 26.3 Å². The number of methoxy groups -OCH3 is 1. The highest BCUT2D eigenvalue weighted by Crippen LogP contribution is 2.28. The summed E-state index contributed by atoms with van der Waals surface area (Å²) in [6.07, 6.45) is 0.850. The van der Waals surface area contributed by atoms with Gasteiger partial charge in [0.15, 0.2) is 18.1 Å². The summed E-state index contributed by atoms with van der Waals surface area (Å²) in [4.78, 5) is 22.7. The van der Waals surface area contributed by atoms with Gasteiger partial charge in [-0.1, -0.05) is 6.92 Å². The summed E-state index contributed by atoms with van der Waals surface area (Å²) in [7, 11) is 1.46. The second-order valence-electron chi connectivity index (χ2n) is 4.40. The van der Waals surface area contributed by atoms with Crippen molar-refractivity contribution in [3.05, 3.63) is 23.8 Å². The highest BCUT2D eigenvalue weighted by molar-refractivity contribution is 5.95. The molecule has 0 aromatic heterocycles. The van der Waals surface area contributed by atoms with Gasteiger partial charge in [-0.05, 0) is 31.5 Å². The number of ether oxygens (including phenoxy) is 2. The van der Waals surface area contributed by atoms with E-state index in [0.29, 0.717) is 17.1 Å². The molecule has 6 nitrogen and oxygen atoms in total. The number of rotatable bonds is 7. The first-order chi connectivity index (χ1) is 9.47. The number of hydrogen-bond acceptors (Lipinski definition) is 4. The SMILES string of the molecule is CCC(C)NC(=O)c1ccc(OCC(N)=O)c(OC)c1. The normalized spacial score (nSPS) is 11.6. The van der Waals surface area contributed by atoms with Crippen LogP contribution in [0.5, 0.6) is 11.5 Å². The molecule has 0 saturated heterocycles. The summed E-state index contributed by atoms with van der Waals surface area (Å²) in [5.74, 6) is -0.0146. The highest BCUT2D eigenvalue weighted by atomic mass is 16.5. The van der Waals surface area contributed by atoms with E-state index in [1.807, 2.05) is 13.8 Å². The fourth-order valence-electron chi connectivity index (χ4n) is 1.49. The highest BCUT2D eigenvalue weighted by Gasteiger charge is 2.13. The van der Waals surface area contributed by atoms with E-state index in [9.17, 15) is 9.59 Å². The smallest absolute Gasteiger partial charge is 0.255 e. The summed E-state index contributed by atoms with van der Waals surface area (Å²) in [6.45, 7) is 3.68. The van der Waals surface area contributed by atoms with Crippen molar-refractivity contribution < 1.29 is 19.1 Å². The third-order valence-corrected chi connectivity index (χ3v) is 2.79. The number of carbonyl (C=O) groups excluding carboxylic acids is 2. The Morgan fingerprint density at radius 2 is 2.05 bits per heavy atom. The van der Waals surface area contributed by atoms with E-state index in [1.165, 1.54) is 7.11 Å². The van der Waals surface area contributed by atoms with Crippen molar-refractivity contribution in [1.82, 2.24) is 5.32 Å². The van der Waals surface area contributed by atoms with Gasteiger partial charge in [0, 0.05) is 11.6 Å². The fraction of sp³-hybridized carbons (Fsp3) is 0.429. The molecule has 20 heavy (non-hydrogen) atoms. The lowest BCUT2D eigenvalue weighted by Crippen LogP contribution is -2.31. The molecule has 0 heterocycles. The van der Waals surface area contributed by atoms with E-state index < -0.39 is 5.91 Å². The zero-order chi connectivity index (χ0) is 15.1. The van der Waals surface area contributed by atoms with Crippen molar-refractivity contribution in [3.8, 4) is 11.5 Å². The van der Waals surface area contributed by atoms with Crippen LogP contribution in [-0.4, -0.2) is 31.6 Å². The summed E-state index contributed by atoms with van der Waals surface area (Å²) in [6, 6.07) is 4.84. The Morgan fingerprint density at radius 3 is 2.60 bits per heavy atom. The van der Waals surface area contributed by atoms with E-state index in [-0.39, 0.29) is 18.6 Å². The molecule has 1 rings (SSSR count). The first-order valence-electron chi connectivity index (χ1n) is 6.38. The zero-order valence-corrected chi connectivity index (χ0v) is 11.9. The number of nitrogens with two attached hydrogens (primary N) is 1. The quantitative estimate of drug-likeness (QED) is 0.782. The maximum absolute atomic E-state index is 12.0. The van der Waals surface area contributed by atoms with Crippen molar-refractivity contribution in [2.24, 2.45) is 5.73 Å². The first-order valence-corrected chi connectivity index (χ1v) is 6.38. The van der Waals surface area contributed by atoms with Crippen LogP contribution in [-0.2, 0) is 4.79 Å². The van der Waals surface area contributed by atoms with Crippen molar-refractivity contribution >= 4 is 11.8 Å². The molecule has 0 aliphatic rings. The van der Waals surface area contributed by atoms with Gasteiger partial charge < -0.3 is 20.5 Å². The maximum Gasteiger partial charge on any atom is 0.255 e. The molecule has 110 valence electrons. The van der Waals surface area contributed by atoms with E-state index in [1.54, 1.807) is 18.2 Å². The Kier molecular flexibility index (Phi) is 5.83. The fourth-order valence-corrected chi connectivity index (χ4v) is 1.49. The number of hydrogen-bond donors (Lipinski definition) is 2. The van der Waals surface area contributed by atoms with Gasteiger partial charge in [-0.2, -0.15) is 0 Å². The largest absolute Gasteiger partial charge is 0.493 e. The van der Waals surface area contributed by atoms with Gasteiger partial charge in [-0.3, -0.25) is 9.59 Å². The number of primary amides is 1. The van der Waals surface area contributed by atoms with Crippen LogP contribution in [0, 0.1) is 0 Å².